The lowest BCUT2D eigenvalue weighted by molar-refractivity contribution is -0.134. The Kier molecular flexibility index (Phi) is 8.95. The van der Waals surface area contributed by atoms with Crippen molar-refractivity contribution in [2.45, 2.75) is 31.0 Å². The SMILES string of the molecule is C[C@@H](c1ccccc1)C(C(=O)Nc1ccc(Br)cc1F)N1C(=O)N[C@H](c2ccc(OC[C@H](O)CO)cc2)C1=O. The van der Waals surface area contributed by atoms with E-state index in [0.717, 1.165) is 4.90 Å². The molecule has 1 heterocycles. The van der Waals surface area contributed by atoms with Crippen molar-refractivity contribution in [1.82, 2.24) is 10.2 Å². The molecule has 4 atom stereocenters. The van der Waals surface area contributed by atoms with Crippen molar-refractivity contribution in [3.8, 4) is 5.75 Å². The quantitative estimate of drug-likeness (QED) is 0.263. The summed E-state index contributed by atoms with van der Waals surface area (Å²) >= 11 is 3.18. The summed E-state index contributed by atoms with van der Waals surface area (Å²) in [6.45, 7) is 1.16. The van der Waals surface area contributed by atoms with E-state index < -0.39 is 54.4 Å². The molecule has 0 aromatic heterocycles. The highest BCUT2D eigenvalue weighted by atomic mass is 79.9. The maximum atomic E-state index is 14.5. The molecule has 39 heavy (non-hydrogen) atoms. The number of nitrogens with one attached hydrogen (secondary N) is 2. The number of amides is 4. The molecule has 4 rings (SSSR count). The number of anilines is 1. The van der Waals surface area contributed by atoms with Gasteiger partial charge in [-0.2, -0.15) is 0 Å². The number of rotatable bonds is 10. The number of hydrogen-bond acceptors (Lipinski definition) is 6. The van der Waals surface area contributed by atoms with E-state index >= 15 is 0 Å². The second-order valence-electron chi connectivity index (χ2n) is 9.06. The highest BCUT2D eigenvalue weighted by molar-refractivity contribution is 9.10. The van der Waals surface area contributed by atoms with Crippen molar-refractivity contribution < 1.29 is 33.7 Å². The number of hydrogen-bond donors (Lipinski definition) is 4. The van der Waals surface area contributed by atoms with Crippen molar-refractivity contribution in [3.05, 3.63) is 94.2 Å². The molecule has 4 N–H and O–H groups in total. The molecule has 1 unspecified atom stereocenters. The van der Waals surface area contributed by atoms with E-state index in [9.17, 15) is 23.9 Å². The van der Waals surface area contributed by atoms with Gasteiger partial charge in [0, 0.05) is 10.4 Å². The fourth-order valence-electron chi connectivity index (χ4n) is 4.29. The predicted octanol–water partition coefficient (Wildman–Crippen LogP) is 3.72. The Hall–Kier alpha value is -3.80. The second-order valence-corrected chi connectivity index (χ2v) is 9.98. The van der Waals surface area contributed by atoms with Crippen LogP contribution >= 0.6 is 15.9 Å². The molecule has 4 amide bonds. The number of carbonyl (C=O) groups excluding carboxylic acids is 3. The van der Waals surface area contributed by atoms with Crippen LogP contribution in [0, 0.1) is 5.82 Å². The Bertz CT molecular complexity index is 1340. The third-order valence-corrected chi connectivity index (χ3v) is 6.87. The lowest BCUT2D eigenvalue weighted by Crippen LogP contribution is -2.50. The third-order valence-electron chi connectivity index (χ3n) is 6.37. The standard InChI is InChI=1S/C28H27BrFN3O6/c1-16(17-5-3-2-4-6-17)25(26(36)31-23-12-9-19(29)13-22(23)30)33-27(37)24(32-28(33)38)18-7-10-21(11-8-18)39-15-20(35)14-34/h2-13,16,20,24-25,34-35H,14-15H2,1H3,(H,31,36)(H,32,38)/t16-,20+,24+,25?/m0/s1. The highest BCUT2D eigenvalue weighted by Crippen LogP contribution is 2.32. The van der Waals surface area contributed by atoms with Gasteiger partial charge in [-0.05, 0) is 41.5 Å². The first kappa shape index (κ1) is 28.2. The summed E-state index contributed by atoms with van der Waals surface area (Å²) in [5.74, 6) is -2.25. The summed E-state index contributed by atoms with van der Waals surface area (Å²) in [5, 5.41) is 23.5. The molecule has 1 fully saturated rings. The summed E-state index contributed by atoms with van der Waals surface area (Å²) in [6.07, 6.45) is -1.03. The Morgan fingerprint density at radius 3 is 2.46 bits per heavy atom. The van der Waals surface area contributed by atoms with E-state index in [1.165, 1.54) is 12.1 Å². The minimum atomic E-state index is -1.28. The molecule has 0 aliphatic carbocycles. The number of nitrogens with zero attached hydrogens (tertiary/aromatic N) is 1. The van der Waals surface area contributed by atoms with Crippen molar-refractivity contribution in [1.29, 1.82) is 0 Å². The number of ether oxygens (including phenoxy) is 1. The molecule has 1 aliphatic heterocycles. The van der Waals surface area contributed by atoms with Gasteiger partial charge >= 0.3 is 6.03 Å². The fraction of sp³-hybridized carbons (Fsp3) is 0.250. The van der Waals surface area contributed by atoms with Gasteiger partial charge in [-0.3, -0.25) is 9.59 Å². The van der Waals surface area contributed by atoms with E-state index in [1.807, 2.05) is 6.07 Å². The lowest BCUT2D eigenvalue weighted by Gasteiger charge is -2.30. The molecule has 1 saturated heterocycles. The molecule has 0 saturated carbocycles. The van der Waals surface area contributed by atoms with Crippen LogP contribution in [0.3, 0.4) is 0 Å². The van der Waals surface area contributed by atoms with Crippen molar-refractivity contribution >= 4 is 39.5 Å². The predicted molar refractivity (Wildman–Crippen MR) is 145 cm³/mol. The summed E-state index contributed by atoms with van der Waals surface area (Å²) in [4.78, 5) is 41.2. The van der Waals surface area contributed by atoms with Crippen molar-refractivity contribution in [2.24, 2.45) is 0 Å². The number of urea groups is 1. The van der Waals surface area contributed by atoms with E-state index in [2.05, 4.69) is 26.6 Å². The topological polar surface area (TPSA) is 128 Å². The molecule has 11 heteroatoms. The van der Waals surface area contributed by atoms with Crippen LogP contribution in [0.4, 0.5) is 14.9 Å². The number of imide groups is 1. The Balaban J connectivity index is 1.60. The van der Waals surface area contributed by atoms with Crippen LogP contribution in [-0.4, -0.2) is 58.3 Å². The first-order valence-corrected chi connectivity index (χ1v) is 12.9. The van der Waals surface area contributed by atoms with Gasteiger partial charge in [-0.25, -0.2) is 14.1 Å². The Morgan fingerprint density at radius 1 is 1.13 bits per heavy atom. The summed E-state index contributed by atoms with van der Waals surface area (Å²) in [7, 11) is 0. The van der Waals surface area contributed by atoms with Crippen LogP contribution in [0.2, 0.25) is 0 Å². The van der Waals surface area contributed by atoms with Gasteiger partial charge in [0.25, 0.3) is 5.91 Å². The maximum absolute atomic E-state index is 14.5. The normalized spacial score (nSPS) is 17.4. The van der Waals surface area contributed by atoms with E-state index in [-0.39, 0.29) is 12.3 Å². The average molecular weight is 600 g/mol. The lowest BCUT2D eigenvalue weighted by atomic mass is 9.91. The number of halogens is 2. The molecule has 1 aliphatic rings. The summed E-state index contributed by atoms with van der Waals surface area (Å²) in [5.41, 5.74) is 1.08. The van der Waals surface area contributed by atoms with Crippen LogP contribution < -0.4 is 15.4 Å². The van der Waals surface area contributed by atoms with Crippen molar-refractivity contribution in [3.63, 3.8) is 0 Å². The maximum Gasteiger partial charge on any atom is 0.325 e. The van der Waals surface area contributed by atoms with Crippen LogP contribution in [0.15, 0.2) is 77.3 Å². The van der Waals surface area contributed by atoms with Crippen LogP contribution in [-0.2, 0) is 9.59 Å². The van der Waals surface area contributed by atoms with E-state index in [1.54, 1.807) is 61.5 Å². The van der Waals surface area contributed by atoms with Crippen LogP contribution in [0.5, 0.6) is 5.75 Å². The molecular weight excluding hydrogens is 573 g/mol. The number of aliphatic hydroxyl groups excluding tert-OH is 2. The van der Waals surface area contributed by atoms with E-state index in [4.69, 9.17) is 9.84 Å². The minimum absolute atomic E-state index is 0.0843. The third kappa shape index (κ3) is 6.44. The monoisotopic (exact) mass is 599 g/mol. The largest absolute Gasteiger partial charge is 0.491 e. The molecule has 0 radical (unpaired) electrons. The minimum Gasteiger partial charge on any atom is -0.491 e. The van der Waals surface area contributed by atoms with Crippen LogP contribution in [0.25, 0.3) is 0 Å². The molecule has 0 bridgehead atoms. The van der Waals surface area contributed by atoms with Gasteiger partial charge in [-0.1, -0.05) is 65.3 Å². The zero-order valence-corrected chi connectivity index (χ0v) is 22.5. The first-order valence-electron chi connectivity index (χ1n) is 12.2. The molecular formula is C28H27BrFN3O6. The molecule has 0 spiro atoms. The average Bonchev–Trinajstić information content (AvgIpc) is 3.23. The van der Waals surface area contributed by atoms with Gasteiger partial charge < -0.3 is 25.6 Å². The molecule has 204 valence electrons. The number of aliphatic hydroxyl groups is 2. The molecule has 9 nitrogen and oxygen atoms in total. The van der Waals surface area contributed by atoms with Crippen molar-refractivity contribution in [2.75, 3.05) is 18.5 Å². The molecule has 3 aromatic rings. The number of carbonyl (C=O) groups is 3. The summed E-state index contributed by atoms with van der Waals surface area (Å²) < 4.78 is 20.4. The fourth-order valence-corrected chi connectivity index (χ4v) is 4.62. The van der Waals surface area contributed by atoms with Gasteiger partial charge in [-0.15, -0.1) is 0 Å². The van der Waals surface area contributed by atoms with Gasteiger partial charge in [0.2, 0.25) is 5.91 Å². The number of benzene rings is 3. The van der Waals surface area contributed by atoms with Crippen LogP contribution in [0.1, 0.15) is 30.0 Å². The van der Waals surface area contributed by atoms with E-state index in [0.29, 0.717) is 21.3 Å². The zero-order chi connectivity index (χ0) is 28.1. The van der Waals surface area contributed by atoms with Gasteiger partial charge in [0.05, 0.1) is 12.3 Å². The summed E-state index contributed by atoms with van der Waals surface area (Å²) in [6, 6.07) is 16.3. The second kappa shape index (κ2) is 12.4. The Morgan fingerprint density at radius 2 is 1.82 bits per heavy atom. The highest BCUT2D eigenvalue weighted by Gasteiger charge is 2.47. The zero-order valence-electron chi connectivity index (χ0n) is 20.9. The van der Waals surface area contributed by atoms with Gasteiger partial charge in [0.1, 0.15) is 36.4 Å². The smallest absolute Gasteiger partial charge is 0.325 e. The first-order chi connectivity index (χ1) is 18.7. The van der Waals surface area contributed by atoms with Gasteiger partial charge in [0.15, 0.2) is 0 Å². The molecule has 3 aromatic carbocycles. The Labute approximate surface area is 232 Å².